The van der Waals surface area contributed by atoms with Gasteiger partial charge in [0.2, 0.25) is 10.0 Å². The van der Waals surface area contributed by atoms with Crippen molar-refractivity contribution in [3.05, 3.63) is 0 Å². The molecule has 110 valence electrons. The zero-order valence-electron chi connectivity index (χ0n) is 12.3. The molecule has 0 heterocycles. The Morgan fingerprint density at radius 1 is 1.22 bits per heavy atom. The first-order chi connectivity index (χ1) is 8.29. The number of nitrogens with one attached hydrogen (secondary N) is 1. The maximum atomic E-state index is 12.0. The van der Waals surface area contributed by atoms with Crippen LogP contribution in [0.1, 0.15) is 59.8 Å². The Bertz CT molecular complexity index is 309. The average molecular weight is 278 g/mol. The molecule has 0 aliphatic rings. The third-order valence-corrected chi connectivity index (χ3v) is 5.32. The predicted octanol–water partition coefficient (Wildman–Crippen LogP) is 2.25. The van der Waals surface area contributed by atoms with Gasteiger partial charge < -0.3 is 5.73 Å². The Morgan fingerprint density at radius 3 is 2.28 bits per heavy atom. The molecular weight excluding hydrogens is 248 g/mol. The van der Waals surface area contributed by atoms with Gasteiger partial charge >= 0.3 is 0 Å². The number of hydrogen-bond acceptors (Lipinski definition) is 3. The molecule has 0 saturated heterocycles. The summed E-state index contributed by atoms with van der Waals surface area (Å²) in [6.07, 6.45) is 5.15. The molecule has 0 bridgehead atoms. The molecule has 0 aromatic carbocycles. The Hall–Kier alpha value is -0.130. The summed E-state index contributed by atoms with van der Waals surface area (Å²) in [5, 5.41) is -0.469. The lowest BCUT2D eigenvalue weighted by atomic mass is 9.87. The van der Waals surface area contributed by atoms with Crippen molar-refractivity contribution < 1.29 is 8.42 Å². The number of nitrogens with two attached hydrogens (primary N) is 1. The van der Waals surface area contributed by atoms with E-state index in [0.717, 1.165) is 12.8 Å². The van der Waals surface area contributed by atoms with Gasteiger partial charge in [-0.25, -0.2) is 13.1 Å². The van der Waals surface area contributed by atoms with Crippen LogP contribution in [0.5, 0.6) is 0 Å². The van der Waals surface area contributed by atoms with Crippen molar-refractivity contribution >= 4 is 10.0 Å². The van der Waals surface area contributed by atoms with Crippen LogP contribution in [0.2, 0.25) is 0 Å². The lowest BCUT2D eigenvalue weighted by molar-refractivity contribution is 0.320. The van der Waals surface area contributed by atoms with Gasteiger partial charge in [-0.2, -0.15) is 0 Å². The Labute approximate surface area is 113 Å². The summed E-state index contributed by atoms with van der Waals surface area (Å²) >= 11 is 0. The van der Waals surface area contributed by atoms with E-state index in [1.165, 1.54) is 12.8 Å². The van der Waals surface area contributed by atoms with Crippen molar-refractivity contribution in [1.82, 2.24) is 4.72 Å². The average Bonchev–Trinajstić information content (AvgIpc) is 2.28. The maximum absolute atomic E-state index is 12.0. The Balaban J connectivity index is 4.28. The van der Waals surface area contributed by atoms with E-state index in [2.05, 4.69) is 25.5 Å². The van der Waals surface area contributed by atoms with Crippen molar-refractivity contribution in [2.45, 2.75) is 65.0 Å². The van der Waals surface area contributed by atoms with E-state index in [1.54, 1.807) is 0 Å². The Kier molecular flexibility index (Phi) is 8.06. The molecule has 5 heteroatoms. The summed E-state index contributed by atoms with van der Waals surface area (Å²) < 4.78 is 26.7. The molecule has 4 nitrogen and oxygen atoms in total. The largest absolute Gasteiger partial charge is 0.329 e. The molecule has 3 N–H and O–H groups in total. The van der Waals surface area contributed by atoms with Gasteiger partial charge in [0.25, 0.3) is 0 Å². The van der Waals surface area contributed by atoms with Gasteiger partial charge in [0.1, 0.15) is 0 Å². The van der Waals surface area contributed by atoms with Crippen LogP contribution >= 0.6 is 0 Å². The molecule has 0 radical (unpaired) electrons. The first-order valence-corrected chi connectivity index (χ1v) is 8.52. The molecular formula is C13H30N2O2S. The van der Waals surface area contributed by atoms with Crippen molar-refractivity contribution in [2.24, 2.45) is 11.1 Å². The number of unbranched alkanes of at least 4 members (excludes halogenated alkanes) is 2. The van der Waals surface area contributed by atoms with Crippen LogP contribution in [0, 0.1) is 5.41 Å². The second kappa shape index (κ2) is 8.12. The van der Waals surface area contributed by atoms with Gasteiger partial charge in [-0.15, -0.1) is 0 Å². The summed E-state index contributed by atoms with van der Waals surface area (Å²) in [6.45, 7) is 8.91. The lowest BCUT2D eigenvalue weighted by Crippen LogP contribution is -2.42. The van der Waals surface area contributed by atoms with E-state index in [9.17, 15) is 8.42 Å². The normalized spacial score (nSPS) is 14.7. The molecule has 0 rings (SSSR count). The fourth-order valence-corrected chi connectivity index (χ4v) is 3.39. The smallest absolute Gasteiger partial charge is 0.215 e. The van der Waals surface area contributed by atoms with E-state index >= 15 is 0 Å². The Morgan fingerprint density at radius 2 is 1.83 bits per heavy atom. The van der Waals surface area contributed by atoms with E-state index < -0.39 is 15.3 Å². The van der Waals surface area contributed by atoms with Crippen molar-refractivity contribution in [3.63, 3.8) is 0 Å². The standard InChI is InChI=1S/C13H30N2O2S/c1-5-7-8-9-13(3,4)11-15-18(16,17)12(6-2)10-14/h12,15H,5-11,14H2,1-4H3. The van der Waals surface area contributed by atoms with Gasteiger partial charge in [0.15, 0.2) is 0 Å². The molecule has 0 saturated carbocycles. The highest BCUT2D eigenvalue weighted by molar-refractivity contribution is 7.90. The highest BCUT2D eigenvalue weighted by atomic mass is 32.2. The van der Waals surface area contributed by atoms with E-state index in [4.69, 9.17) is 5.73 Å². The maximum Gasteiger partial charge on any atom is 0.215 e. The molecule has 0 aliphatic carbocycles. The first kappa shape index (κ1) is 17.9. The fraction of sp³-hybridized carbons (Fsp3) is 1.00. The monoisotopic (exact) mass is 278 g/mol. The van der Waals surface area contributed by atoms with Gasteiger partial charge in [-0.1, -0.05) is 47.0 Å². The zero-order valence-corrected chi connectivity index (χ0v) is 13.1. The van der Waals surface area contributed by atoms with Crippen LogP contribution in [-0.2, 0) is 10.0 Å². The van der Waals surface area contributed by atoms with Gasteiger partial charge in [0.05, 0.1) is 5.25 Å². The van der Waals surface area contributed by atoms with Gasteiger partial charge in [-0.05, 0) is 18.3 Å². The SMILES string of the molecule is CCCCCC(C)(C)CNS(=O)(=O)C(CC)CN. The van der Waals surface area contributed by atoms with E-state index in [1.807, 2.05) is 6.92 Å². The summed E-state index contributed by atoms with van der Waals surface area (Å²) in [7, 11) is -3.26. The highest BCUT2D eigenvalue weighted by Gasteiger charge is 2.25. The number of rotatable bonds is 10. The van der Waals surface area contributed by atoms with Crippen molar-refractivity contribution in [2.75, 3.05) is 13.1 Å². The summed E-state index contributed by atoms with van der Waals surface area (Å²) in [4.78, 5) is 0. The summed E-state index contributed by atoms with van der Waals surface area (Å²) in [6, 6.07) is 0. The first-order valence-electron chi connectivity index (χ1n) is 6.97. The molecule has 0 fully saturated rings. The molecule has 18 heavy (non-hydrogen) atoms. The van der Waals surface area contributed by atoms with Crippen LogP contribution in [0.3, 0.4) is 0 Å². The molecule has 0 aliphatic heterocycles. The summed E-state index contributed by atoms with van der Waals surface area (Å²) in [5.41, 5.74) is 5.50. The van der Waals surface area contributed by atoms with Crippen molar-refractivity contribution in [1.29, 1.82) is 0 Å². The minimum absolute atomic E-state index is 0.00906. The van der Waals surface area contributed by atoms with Crippen LogP contribution < -0.4 is 10.5 Å². The predicted molar refractivity (Wildman–Crippen MR) is 78.0 cm³/mol. The molecule has 0 aromatic rings. The highest BCUT2D eigenvalue weighted by Crippen LogP contribution is 2.23. The lowest BCUT2D eigenvalue weighted by Gasteiger charge is -2.26. The third-order valence-electron chi connectivity index (χ3n) is 3.37. The third kappa shape index (κ3) is 6.71. The van der Waals surface area contributed by atoms with Crippen molar-refractivity contribution in [3.8, 4) is 0 Å². The van der Waals surface area contributed by atoms with Crippen LogP contribution in [0.25, 0.3) is 0 Å². The van der Waals surface area contributed by atoms with Gasteiger partial charge in [-0.3, -0.25) is 0 Å². The second-order valence-corrected chi connectivity index (χ2v) is 7.80. The number of sulfonamides is 1. The molecule has 0 spiro atoms. The van der Waals surface area contributed by atoms with E-state index in [0.29, 0.717) is 13.0 Å². The minimum atomic E-state index is -3.26. The molecule has 0 amide bonds. The molecule has 1 unspecified atom stereocenters. The molecule has 0 aromatic heterocycles. The zero-order chi connectivity index (χ0) is 14.2. The van der Waals surface area contributed by atoms with Crippen LogP contribution in [0.15, 0.2) is 0 Å². The fourth-order valence-electron chi connectivity index (χ4n) is 1.87. The number of hydrogen-bond donors (Lipinski definition) is 2. The quantitative estimate of drug-likeness (QED) is 0.602. The minimum Gasteiger partial charge on any atom is -0.329 e. The van der Waals surface area contributed by atoms with Crippen LogP contribution in [0.4, 0.5) is 0 Å². The van der Waals surface area contributed by atoms with E-state index in [-0.39, 0.29) is 12.0 Å². The topological polar surface area (TPSA) is 72.2 Å². The van der Waals surface area contributed by atoms with Crippen LogP contribution in [-0.4, -0.2) is 26.8 Å². The molecule has 1 atom stereocenters. The van der Waals surface area contributed by atoms with Gasteiger partial charge in [0, 0.05) is 13.1 Å². The second-order valence-electron chi connectivity index (χ2n) is 5.75. The summed E-state index contributed by atoms with van der Waals surface area (Å²) in [5.74, 6) is 0.